The van der Waals surface area contributed by atoms with Gasteiger partial charge in [0.05, 0.1) is 10.4 Å². The lowest BCUT2D eigenvalue weighted by Gasteiger charge is -2.11. The Morgan fingerprint density at radius 2 is 1.65 bits per heavy atom. The van der Waals surface area contributed by atoms with E-state index in [1.807, 2.05) is 19.0 Å². The van der Waals surface area contributed by atoms with Crippen molar-refractivity contribution in [2.24, 2.45) is 0 Å². The molecule has 0 bridgehead atoms. The maximum Gasteiger partial charge on any atom is 0.534 e. The van der Waals surface area contributed by atoms with Gasteiger partial charge in [0.1, 0.15) is 5.75 Å². The van der Waals surface area contributed by atoms with E-state index in [9.17, 15) is 30.0 Å². The van der Waals surface area contributed by atoms with Crippen molar-refractivity contribution < 1.29 is 34.2 Å². The zero-order valence-corrected chi connectivity index (χ0v) is 18.1. The number of benzene rings is 2. The summed E-state index contributed by atoms with van der Waals surface area (Å²) < 4.78 is 92.2. The Hall–Kier alpha value is -2.57. The minimum absolute atomic E-state index is 0.0334. The van der Waals surface area contributed by atoms with Gasteiger partial charge in [-0.3, -0.25) is 0 Å². The van der Waals surface area contributed by atoms with E-state index in [4.69, 9.17) is 0 Å². The lowest BCUT2D eigenvalue weighted by Crippen LogP contribution is -2.28. The summed E-state index contributed by atoms with van der Waals surface area (Å²) >= 11 is 0. The Bertz CT molecular complexity index is 1300. The van der Waals surface area contributed by atoms with Crippen LogP contribution in [0.5, 0.6) is 5.75 Å². The molecule has 0 fully saturated rings. The minimum Gasteiger partial charge on any atom is -0.376 e. The predicted octanol–water partition coefficient (Wildman–Crippen LogP) is 3.21. The molecule has 2 aromatic carbocycles. The summed E-state index contributed by atoms with van der Waals surface area (Å²) in [5.74, 6) is -0.564. The summed E-state index contributed by atoms with van der Waals surface area (Å²) in [5.41, 5.74) is -4.88. The Morgan fingerprint density at radius 3 is 2.23 bits per heavy atom. The molecule has 1 aromatic heterocycles. The molecule has 0 aliphatic carbocycles. The first-order valence-electron chi connectivity index (χ1n) is 8.93. The lowest BCUT2D eigenvalue weighted by molar-refractivity contribution is -0.0500. The highest BCUT2D eigenvalue weighted by Crippen LogP contribution is 2.32. The van der Waals surface area contributed by atoms with Gasteiger partial charge in [0.15, 0.2) is 0 Å². The van der Waals surface area contributed by atoms with Gasteiger partial charge >= 0.3 is 15.6 Å². The highest BCUT2D eigenvalue weighted by atomic mass is 32.2. The zero-order chi connectivity index (χ0) is 23.0. The molecule has 1 heterocycles. The monoisotopic (exact) mass is 476 g/mol. The highest BCUT2D eigenvalue weighted by molar-refractivity contribution is 7.90. The molecule has 0 amide bonds. The number of fused-ring (bicyclic) bond motifs is 1. The first kappa shape index (κ1) is 23.1. The van der Waals surface area contributed by atoms with Gasteiger partial charge in [-0.2, -0.15) is 21.6 Å². The molecule has 0 radical (unpaired) electrons. The zero-order valence-electron chi connectivity index (χ0n) is 16.5. The van der Waals surface area contributed by atoms with E-state index in [0.717, 1.165) is 16.1 Å². The fourth-order valence-electron chi connectivity index (χ4n) is 2.92. The van der Waals surface area contributed by atoms with Gasteiger partial charge in [0, 0.05) is 18.1 Å². The van der Waals surface area contributed by atoms with Crippen molar-refractivity contribution in [1.82, 2.24) is 8.87 Å². The van der Waals surface area contributed by atoms with Gasteiger partial charge in [-0.15, -0.1) is 0 Å². The van der Waals surface area contributed by atoms with Gasteiger partial charge in [0.25, 0.3) is 10.0 Å². The minimum atomic E-state index is -5.86. The third kappa shape index (κ3) is 4.70. The average molecular weight is 476 g/mol. The molecule has 0 aliphatic rings. The van der Waals surface area contributed by atoms with Crippen LogP contribution in [-0.4, -0.2) is 51.9 Å². The van der Waals surface area contributed by atoms with Crippen LogP contribution in [0.3, 0.4) is 0 Å². The smallest absolute Gasteiger partial charge is 0.376 e. The van der Waals surface area contributed by atoms with Crippen molar-refractivity contribution in [2.45, 2.75) is 16.8 Å². The van der Waals surface area contributed by atoms with E-state index in [-0.39, 0.29) is 15.8 Å². The number of rotatable bonds is 7. The molecule has 0 aliphatic heterocycles. The molecule has 0 spiro atoms. The highest BCUT2D eigenvalue weighted by Gasteiger charge is 2.48. The van der Waals surface area contributed by atoms with Gasteiger partial charge in [-0.25, -0.2) is 12.4 Å². The van der Waals surface area contributed by atoms with Crippen LogP contribution in [0.25, 0.3) is 10.9 Å². The third-order valence-electron chi connectivity index (χ3n) is 4.44. The van der Waals surface area contributed by atoms with Gasteiger partial charge < -0.3 is 9.08 Å². The molecule has 0 saturated heterocycles. The van der Waals surface area contributed by atoms with Crippen LogP contribution in [0.1, 0.15) is 5.56 Å². The van der Waals surface area contributed by atoms with Crippen LogP contribution in [0.2, 0.25) is 0 Å². The Morgan fingerprint density at radius 1 is 1.00 bits per heavy atom. The van der Waals surface area contributed by atoms with Crippen molar-refractivity contribution >= 4 is 31.0 Å². The van der Waals surface area contributed by atoms with Crippen LogP contribution in [0.4, 0.5) is 13.2 Å². The van der Waals surface area contributed by atoms with Crippen LogP contribution in [-0.2, 0) is 26.6 Å². The van der Waals surface area contributed by atoms with Crippen molar-refractivity contribution in [3.05, 3.63) is 60.3 Å². The summed E-state index contributed by atoms with van der Waals surface area (Å²) in [5, 5.41) is 0.274. The molecular formula is C19H19F3N2O5S2. The summed E-state index contributed by atoms with van der Waals surface area (Å²) in [7, 11) is -6.23. The standard InChI is InChI=1S/C19H19F3N2O5S2/c1-23(2)11-10-14-13-24(30(25,26)16-6-4-3-5-7-16)18-9-8-15(12-17(14)18)29-31(27,28)19(20,21)22/h3-9,12-13H,10-11H2,1-2H3. The van der Waals surface area contributed by atoms with E-state index in [1.54, 1.807) is 18.2 Å². The second-order valence-electron chi connectivity index (χ2n) is 6.98. The predicted molar refractivity (Wildman–Crippen MR) is 109 cm³/mol. The first-order valence-corrected chi connectivity index (χ1v) is 11.8. The topological polar surface area (TPSA) is 85.7 Å². The molecule has 3 aromatic rings. The summed E-state index contributed by atoms with van der Waals surface area (Å²) in [4.78, 5) is 1.88. The molecule has 7 nitrogen and oxygen atoms in total. The lowest BCUT2D eigenvalue weighted by atomic mass is 10.1. The quantitative estimate of drug-likeness (QED) is 0.385. The molecule has 0 atom stereocenters. The van der Waals surface area contributed by atoms with Crippen molar-refractivity contribution in [1.29, 1.82) is 0 Å². The molecule has 0 N–H and O–H groups in total. The van der Waals surface area contributed by atoms with Crippen molar-refractivity contribution in [2.75, 3.05) is 20.6 Å². The molecular weight excluding hydrogens is 457 g/mol. The Balaban J connectivity index is 2.16. The van der Waals surface area contributed by atoms with Crippen LogP contribution in [0, 0.1) is 0 Å². The first-order chi connectivity index (χ1) is 14.3. The van der Waals surface area contributed by atoms with E-state index in [1.165, 1.54) is 24.4 Å². The molecule has 0 saturated carbocycles. The van der Waals surface area contributed by atoms with Gasteiger partial charge in [-0.1, -0.05) is 18.2 Å². The van der Waals surface area contributed by atoms with Crippen molar-refractivity contribution in [3.63, 3.8) is 0 Å². The average Bonchev–Trinajstić information content (AvgIpc) is 3.04. The number of hydrogen-bond donors (Lipinski definition) is 0. The summed E-state index contributed by atoms with van der Waals surface area (Å²) in [6.07, 6.45) is 1.76. The van der Waals surface area contributed by atoms with Crippen LogP contribution in [0.15, 0.2) is 59.6 Å². The molecule has 3 rings (SSSR count). The second kappa shape index (κ2) is 8.17. The molecule has 0 unspecified atom stereocenters. The molecule has 31 heavy (non-hydrogen) atoms. The van der Waals surface area contributed by atoms with Crippen LogP contribution >= 0.6 is 0 Å². The Kier molecular flexibility index (Phi) is 6.09. The van der Waals surface area contributed by atoms with Crippen molar-refractivity contribution in [3.8, 4) is 5.75 Å². The fourth-order valence-corrected chi connectivity index (χ4v) is 4.78. The SMILES string of the molecule is CN(C)CCc1cn(S(=O)(=O)c2ccccc2)c2ccc(OS(=O)(=O)C(F)(F)F)cc12. The van der Waals surface area contributed by atoms with Gasteiger partial charge in [-0.05, 0) is 56.4 Å². The third-order valence-corrected chi connectivity index (χ3v) is 7.11. The van der Waals surface area contributed by atoms with E-state index in [0.29, 0.717) is 18.5 Å². The fraction of sp³-hybridized carbons (Fsp3) is 0.263. The van der Waals surface area contributed by atoms with E-state index in [2.05, 4.69) is 4.18 Å². The largest absolute Gasteiger partial charge is 0.534 e. The number of hydrogen-bond acceptors (Lipinski definition) is 6. The number of aromatic nitrogens is 1. The molecule has 168 valence electrons. The normalized spacial score (nSPS) is 13.1. The number of likely N-dealkylation sites (N-methyl/N-ethyl adjacent to an activating group) is 1. The second-order valence-corrected chi connectivity index (χ2v) is 10.3. The number of alkyl halides is 3. The Labute approximate surface area is 177 Å². The van der Waals surface area contributed by atoms with E-state index >= 15 is 0 Å². The maximum absolute atomic E-state index is 13.1. The number of nitrogens with zero attached hydrogens (tertiary/aromatic N) is 2. The van der Waals surface area contributed by atoms with Gasteiger partial charge in [0.2, 0.25) is 0 Å². The number of halogens is 3. The molecule has 12 heteroatoms. The maximum atomic E-state index is 13.1. The van der Waals surface area contributed by atoms with E-state index < -0.39 is 31.4 Å². The summed E-state index contributed by atoms with van der Waals surface area (Å²) in [6, 6.07) is 11.0. The summed E-state index contributed by atoms with van der Waals surface area (Å²) in [6.45, 7) is 0.524. The van der Waals surface area contributed by atoms with Crippen LogP contribution < -0.4 is 4.18 Å².